The van der Waals surface area contributed by atoms with Crippen molar-refractivity contribution < 1.29 is 13.5 Å². The summed E-state index contributed by atoms with van der Waals surface area (Å²) in [5.41, 5.74) is 2.24. The fourth-order valence-corrected chi connectivity index (χ4v) is 1.42. The Morgan fingerprint density at radius 2 is 2.06 bits per heavy atom. The number of benzene rings is 1. The number of aromatic nitrogens is 2. The normalized spacial score (nSPS) is 10.2. The van der Waals surface area contributed by atoms with E-state index in [4.69, 9.17) is 10.6 Å². The maximum absolute atomic E-state index is 13.0. The molecule has 0 bridgehead atoms. The summed E-state index contributed by atoms with van der Waals surface area (Å²) in [6, 6.07) is 3.16. The third-order valence-corrected chi connectivity index (χ3v) is 2.49. The van der Waals surface area contributed by atoms with Crippen LogP contribution in [0.2, 0.25) is 0 Å². The fourth-order valence-electron chi connectivity index (χ4n) is 1.14. The second kappa shape index (κ2) is 5.23. The Bertz CT molecular complexity index is 582. The number of hydrazine groups is 1. The molecular formula is C10H7BrF2N4O. The van der Waals surface area contributed by atoms with E-state index in [2.05, 4.69) is 31.3 Å². The molecule has 0 saturated carbocycles. The Hall–Kier alpha value is -1.80. The van der Waals surface area contributed by atoms with Crippen LogP contribution in [0.15, 0.2) is 28.9 Å². The number of halogens is 3. The molecule has 2 aromatic rings. The van der Waals surface area contributed by atoms with Crippen LogP contribution in [-0.4, -0.2) is 9.97 Å². The molecule has 0 atom stereocenters. The van der Waals surface area contributed by atoms with Gasteiger partial charge >= 0.3 is 0 Å². The first-order chi connectivity index (χ1) is 8.60. The maximum atomic E-state index is 13.0. The number of rotatable bonds is 3. The van der Waals surface area contributed by atoms with E-state index >= 15 is 0 Å². The van der Waals surface area contributed by atoms with Gasteiger partial charge in [-0.2, -0.15) is 4.98 Å². The van der Waals surface area contributed by atoms with Crippen LogP contribution in [0, 0.1) is 11.6 Å². The minimum absolute atomic E-state index is 0.108. The summed E-state index contributed by atoms with van der Waals surface area (Å²) in [6.07, 6.45) is 1.41. The molecule has 2 rings (SSSR count). The summed E-state index contributed by atoms with van der Waals surface area (Å²) in [5.74, 6) is 3.57. The molecule has 1 heterocycles. The third kappa shape index (κ3) is 2.71. The lowest BCUT2D eigenvalue weighted by molar-refractivity contribution is 0.444. The first kappa shape index (κ1) is 12.7. The average Bonchev–Trinajstić information content (AvgIpc) is 2.36. The molecule has 0 radical (unpaired) electrons. The van der Waals surface area contributed by atoms with Crippen LogP contribution in [0.4, 0.5) is 14.7 Å². The average molecular weight is 317 g/mol. The number of anilines is 1. The van der Waals surface area contributed by atoms with E-state index in [1.165, 1.54) is 12.3 Å². The molecule has 0 saturated heterocycles. The van der Waals surface area contributed by atoms with Crippen molar-refractivity contribution in [3.63, 3.8) is 0 Å². The summed E-state index contributed by atoms with van der Waals surface area (Å²) >= 11 is 3.16. The Balaban J connectivity index is 2.30. The van der Waals surface area contributed by atoms with Gasteiger partial charge in [0.25, 0.3) is 0 Å². The zero-order chi connectivity index (χ0) is 13.1. The van der Waals surface area contributed by atoms with Crippen LogP contribution in [-0.2, 0) is 0 Å². The highest BCUT2D eigenvalue weighted by Crippen LogP contribution is 2.28. The van der Waals surface area contributed by atoms with Crippen molar-refractivity contribution in [3.05, 3.63) is 40.5 Å². The number of ether oxygens (including phenoxy) is 1. The quantitative estimate of drug-likeness (QED) is 0.672. The third-order valence-electron chi connectivity index (χ3n) is 1.95. The smallest absolute Gasteiger partial charge is 0.240 e. The first-order valence-electron chi connectivity index (χ1n) is 4.72. The SMILES string of the molecule is NNc1ncc(Br)c(Oc2ccc(F)c(F)c2)n1. The zero-order valence-electron chi connectivity index (χ0n) is 8.82. The molecule has 0 aliphatic heterocycles. The molecule has 0 aliphatic carbocycles. The zero-order valence-corrected chi connectivity index (χ0v) is 10.4. The number of hydrogen-bond acceptors (Lipinski definition) is 5. The molecular weight excluding hydrogens is 310 g/mol. The molecule has 5 nitrogen and oxygen atoms in total. The van der Waals surface area contributed by atoms with Crippen molar-refractivity contribution in [2.45, 2.75) is 0 Å². The lowest BCUT2D eigenvalue weighted by Gasteiger charge is -2.07. The molecule has 3 N–H and O–H groups in total. The van der Waals surface area contributed by atoms with Crippen LogP contribution < -0.4 is 16.0 Å². The van der Waals surface area contributed by atoms with Gasteiger partial charge < -0.3 is 4.74 Å². The van der Waals surface area contributed by atoms with Crippen LogP contribution in [0.25, 0.3) is 0 Å². The second-order valence-corrected chi connectivity index (χ2v) is 4.02. The van der Waals surface area contributed by atoms with Gasteiger partial charge in [-0.3, -0.25) is 5.43 Å². The maximum Gasteiger partial charge on any atom is 0.240 e. The van der Waals surface area contributed by atoms with Crippen LogP contribution in [0.3, 0.4) is 0 Å². The lowest BCUT2D eigenvalue weighted by Crippen LogP contribution is -2.10. The van der Waals surface area contributed by atoms with Crippen molar-refractivity contribution in [1.82, 2.24) is 9.97 Å². The van der Waals surface area contributed by atoms with E-state index < -0.39 is 11.6 Å². The predicted octanol–water partition coefficient (Wildman–Crippen LogP) is 2.60. The Labute approximate surface area is 109 Å². The van der Waals surface area contributed by atoms with Gasteiger partial charge in [0, 0.05) is 6.07 Å². The molecule has 94 valence electrons. The number of nitrogens with zero attached hydrogens (tertiary/aromatic N) is 2. The largest absolute Gasteiger partial charge is 0.438 e. The predicted molar refractivity (Wildman–Crippen MR) is 64.0 cm³/mol. The minimum atomic E-state index is -1.00. The van der Waals surface area contributed by atoms with Crippen LogP contribution in [0.5, 0.6) is 11.6 Å². The van der Waals surface area contributed by atoms with Gasteiger partial charge in [-0.15, -0.1) is 0 Å². The number of nitrogen functional groups attached to an aromatic ring is 1. The van der Waals surface area contributed by atoms with Gasteiger partial charge in [-0.25, -0.2) is 19.6 Å². The molecule has 1 aromatic carbocycles. The molecule has 8 heteroatoms. The number of nitrogens with one attached hydrogen (secondary N) is 1. The van der Waals surface area contributed by atoms with Crippen molar-refractivity contribution in [3.8, 4) is 11.6 Å². The second-order valence-electron chi connectivity index (χ2n) is 3.17. The molecule has 0 amide bonds. The first-order valence-corrected chi connectivity index (χ1v) is 5.51. The number of nitrogens with two attached hydrogens (primary N) is 1. The monoisotopic (exact) mass is 316 g/mol. The van der Waals surface area contributed by atoms with Gasteiger partial charge in [-0.05, 0) is 28.1 Å². The highest BCUT2D eigenvalue weighted by Gasteiger charge is 2.09. The minimum Gasteiger partial charge on any atom is -0.438 e. The van der Waals surface area contributed by atoms with Crippen LogP contribution >= 0.6 is 15.9 Å². The molecule has 0 fully saturated rings. The summed E-state index contributed by atoms with van der Waals surface area (Å²) in [6.45, 7) is 0. The van der Waals surface area contributed by atoms with Gasteiger partial charge in [0.1, 0.15) is 5.75 Å². The topological polar surface area (TPSA) is 73.1 Å². The van der Waals surface area contributed by atoms with Gasteiger partial charge in [0.05, 0.1) is 10.7 Å². The molecule has 0 aliphatic rings. The summed E-state index contributed by atoms with van der Waals surface area (Å²) in [5, 5.41) is 0. The van der Waals surface area contributed by atoms with E-state index in [1.807, 2.05) is 0 Å². The van der Waals surface area contributed by atoms with E-state index in [1.54, 1.807) is 0 Å². The van der Waals surface area contributed by atoms with Crippen molar-refractivity contribution in [2.75, 3.05) is 5.43 Å². The van der Waals surface area contributed by atoms with Gasteiger partial charge in [-0.1, -0.05) is 0 Å². The van der Waals surface area contributed by atoms with Crippen LogP contribution in [0.1, 0.15) is 0 Å². The van der Waals surface area contributed by atoms with Crippen molar-refractivity contribution in [1.29, 1.82) is 0 Å². The Kier molecular flexibility index (Phi) is 3.68. The van der Waals surface area contributed by atoms with Gasteiger partial charge in [0.15, 0.2) is 11.6 Å². The summed E-state index contributed by atoms with van der Waals surface area (Å²) in [7, 11) is 0. The molecule has 0 spiro atoms. The van der Waals surface area contributed by atoms with E-state index in [0.717, 1.165) is 12.1 Å². The molecule has 18 heavy (non-hydrogen) atoms. The highest BCUT2D eigenvalue weighted by molar-refractivity contribution is 9.10. The molecule has 0 unspecified atom stereocenters. The van der Waals surface area contributed by atoms with E-state index in [0.29, 0.717) is 4.47 Å². The van der Waals surface area contributed by atoms with Crippen molar-refractivity contribution >= 4 is 21.9 Å². The summed E-state index contributed by atoms with van der Waals surface area (Å²) < 4.78 is 31.5. The van der Waals surface area contributed by atoms with Gasteiger partial charge in [0.2, 0.25) is 11.8 Å². The highest BCUT2D eigenvalue weighted by atomic mass is 79.9. The fraction of sp³-hybridized carbons (Fsp3) is 0. The summed E-state index contributed by atoms with van der Waals surface area (Å²) in [4.78, 5) is 7.73. The van der Waals surface area contributed by atoms with E-state index in [-0.39, 0.29) is 17.6 Å². The van der Waals surface area contributed by atoms with E-state index in [9.17, 15) is 8.78 Å². The van der Waals surface area contributed by atoms with Crippen molar-refractivity contribution in [2.24, 2.45) is 5.84 Å². The standard InChI is InChI=1S/C10H7BrF2N4O/c11-6-4-15-10(17-14)16-9(6)18-5-1-2-7(12)8(13)3-5/h1-4H,14H2,(H,15,16,17). The Morgan fingerprint density at radius 1 is 1.28 bits per heavy atom. The Morgan fingerprint density at radius 3 is 2.72 bits per heavy atom. The number of hydrogen-bond donors (Lipinski definition) is 2. The lowest BCUT2D eigenvalue weighted by atomic mass is 10.3. The molecule has 1 aromatic heterocycles.